The first-order valence-electron chi connectivity index (χ1n) is 9.92. The van der Waals surface area contributed by atoms with Gasteiger partial charge in [-0.2, -0.15) is 0 Å². The molecule has 172 valence electrons. The van der Waals surface area contributed by atoms with Crippen molar-refractivity contribution in [3.05, 3.63) is 70.4 Å². The molecule has 1 fully saturated rings. The minimum Gasteiger partial charge on any atom is -0.422 e. The van der Waals surface area contributed by atoms with Crippen molar-refractivity contribution in [2.45, 2.75) is 37.9 Å². The normalized spacial score (nSPS) is 17.4. The van der Waals surface area contributed by atoms with Crippen LogP contribution in [0, 0.1) is 15.5 Å². The Bertz CT molecular complexity index is 1400. The molecule has 0 N–H and O–H groups in total. The molecule has 0 atom stereocenters. The Labute approximate surface area is 188 Å². The molecule has 3 aromatic rings. The van der Waals surface area contributed by atoms with Crippen LogP contribution in [0.3, 0.4) is 0 Å². The van der Waals surface area contributed by atoms with Gasteiger partial charge in [0.15, 0.2) is 10.3 Å². The van der Waals surface area contributed by atoms with Gasteiger partial charge in [0.2, 0.25) is 0 Å². The van der Waals surface area contributed by atoms with Crippen molar-refractivity contribution < 1.29 is 32.4 Å². The minimum atomic E-state index is -4.31. The fourth-order valence-corrected chi connectivity index (χ4v) is 5.31. The second-order valence-electron chi connectivity index (χ2n) is 8.38. The highest BCUT2D eigenvalue weighted by Crippen LogP contribution is 2.37. The van der Waals surface area contributed by atoms with Gasteiger partial charge in [0, 0.05) is 31.5 Å². The third-order valence-electron chi connectivity index (χ3n) is 5.51. The maximum absolute atomic E-state index is 13.3. The van der Waals surface area contributed by atoms with Gasteiger partial charge < -0.3 is 9.47 Å². The molecule has 1 saturated heterocycles. The molecule has 0 amide bonds. The highest BCUT2D eigenvalue weighted by molar-refractivity contribution is 7.90. The summed E-state index contributed by atoms with van der Waals surface area (Å²) in [7, 11) is -4.31. The van der Waals surface area contributed by atoms with E-state index in [-0.39, 0.29) is 11.9 Å². The van der Waals surface area contributed by atoms with Gasteiger partial charge in [-0.25, -0.2) is 12.4 Å². The van der Waals surface area contributed by atoms with E-state index >= 15 is 0 Å². The molecule has 0 spiro atoms. The molecule has 4 rings (SSSR count). The van der Waals surface area contributed by atoms with E-state index in [1.807, 2.05) is 0 Å². The Morgan fingerprint density at radius 2 is 1.61 bits per heavy atom. The molecule has 1 aliphatic heterocycles. The standard InChI is InChI=1S/C22H20N2O8S/c1-21(2)31-19(25)22(3,20(26)32-21)13-14-7-6-9-16-15(14)11-12-23(16)33(29,30)18-10-5-4-8-17(18)24(27)28/h4-12H,13H2,1-3H3. The van der Waals surface area contributed by atoms with Gasteiger partial charge in [0.05, 0.1) is 10.4 Å². The van der Waals surface area contributed by atoms with Crippen LogP contribution in [-0.2, 0) is 35.5 Å². The van der Waals surface area contributed by atoms with Gasteiger partial charge in [-0.1, -0.05) is 24.3 Å². The van der Waals surface area contributed by atoms with Crippen molar-refractivity contribution in [3.63, 3.8) is 0 Å². The van der Waals surface area contributed by atoms with Crippen molar-refractivity contribution in [2.75, 3.05) is 0 Å². The molecule has 10 nitrogen and oxygen atoms in total. The molecular weight excluding hydrogens is 452 g/mol. The van der Waals surface area contributed by atoms with Gasteiger partial charge in [-0.05, 0) is 37.1 Å². The van der Waals surface area contributed by atoms with Crippen LogP contribution in [0.4, 0.5) is 5.69 Å². The van der Waals surface area contributed by atoms with Crippen LogP contribution in [0.15, 0.2) is 59.6 Å². The van der Waals surface area contributed by atoms with E-state index in [1.54, 1.807) is 12.1 Å². The number of carbonyl (C=O) groups is 2. The van der Waals surface area contributed by atoms with Crippen LogP contribution in [0.1, 0.15) is 26.3 Å². The molecule has 0 radical (unpaired) electrons. The summed E-state index contributed by atoms with van der Waals surface area (Å²) < 4.78 is 38.0. The molecule has 1 aliphatic rings. The third kappa shape index (κ3) is 3.63. The van der Waals surface area contributed by atoms with Crippen molar-refractivity contribution >= 4 is 38.6 Å². The number of hydrogen-bond acceptors (Lipinski definition) is 8. The van der Waals surface area contributed by atoms with Crippen molar-refractivity contribution in [1.29, 1.82) is 0 Å². The van der Waals surface area contributed by atoms with Crippen LogP contribution in [-0.4, -0.2) is 35.0 Å². The van der Waals surface area contributed by atoms with Crippen molar-refractivity contribution in [3.8, 4) is 0 Å². The van der Waals surface area contributed by atoms with E-state index < -0.39 is 48.7 Å². The molecule has 0 saturated carbocycles. The zero-order valence-corrected chi connectivity index (χ0v) is 18.8. The zero-order chi connectivity index (χ0) is 24.2. The predicted octanol–water partition coefficient (Wildman–Crippen LogP) is 3.17. The summed E-state index contributed by atoms with van der Waals surface area (Å²) in [6.07, 6.45) is 1.19. The Morgan fingerprint density at radius 1 is 0.970 bits per heavy atom. The number of rotatable bonds is 5. The number of para-hydroxylation sites is 1. The summed E-state index contributed by atoms with van der Waals surface area (Å²) in [4.78, 5) is 35.4. The smallest absolute Gasteiger partial charge is 0.326 e. The second-order valence-corrected chi connectivity index (χ2v) is 10.2. The maximum Gasteiger partial charge on any atom is 0.326 e. The molecule has 0 bridgehead atoms. The molecule has 2 heterocycles. The summed E-state index contributed by atoms with van der Waals surface area (Å²) in [6.45, 7) is 4.32. The number of cyclic esters (lactones) is 2. The fourth-order valence-electron chi connectivity index (χ4n) is 3.80. The monoisotopic (exact) mass is 472 g/mol. The summed E-state index contributed by atoms with van der Waals surface area (Å²) in [6, 6.07) is 11.4. The molecule has 0 aliphatic carbocycles. The Kier molecular flexibility index (Phi) is 5.04. The number of nitro benzene ring substituents is 1. The van der Waals surface area contributed by atoms with Crippen LogP contribution in [0.2, 0.25) is 0 Å². The number of ether oxygens (including phenoxy) is 2. The molecule has 0 unspecified atom stereocenters. The van der Waals surface area contributed by atoms with E-state index in [9.17, 15) is 28.1 Å². The number of aromatic nitrogens is 1. The maximum atomic E-state index is 13.3. The minimum absolute atomic E-state index is 0.0897. The molecule has 2 aromatic carbocycles. The fraction of sp³-hybridized carbons (Fsp3) is 0.273. The van der Waals surface area contributed by atoms with Gasteiger partial charge in [-0.3, -0.25) is 19.7 Å². The van der Waals surface area contributed by atoms with E-state index in [1.165, 1.54) is 57.3 Å². The SMILES string of the molecule is CC1(C)OC(=O)C(C)(Cc2cccc3c2ccn3S(=O)(=O)c2ccccc2[N+](=O)[O-])C(=O)O1. The lowest BCUT2D eigenvalue weighted by Crippen LogP contribution is -2.53. The topological polar surface area (TPSA) is 135 Å². The number of esters is 2. The van der Waals surface area contributed by atoms with Crippen LogP contribution >= 0.6 is 0 Å². The number of hydrogen-bond donors (Lipinski definition) is 0. The first-order chi connectivity index (χ1) is 15.4. The van der Waals surface area contributed by atoms with E-state index in [0.717, 1.165) is 10.0 Å². The van der Waals surface area contributed by atoms with Gasteiger partial charge in [-0.15, -0.1) is 0 Å². The quantitative estimate of drug-likeness (QED) is 0.239. The Hall–Kier alpha value is -3.73. The van der Waals surface area contributed by atoms with Crippen LogP contribution in [0.25, 0.3) is 10.9 Å². The highest BCUT2D eigenvalue weighted by atomic mass is 32.2. The lowest BCUT2D eigenvalue weighted by molar-refractivity contribution is -0.387. The number of fused-ring (bicyclic) bond motifs is 1. The van der Waals surface area contributed by atoms with E-state index in [4.69, 9.17) is 9.47 Å². The average molecular weight is 472 g/mol. The first-order valence-corrected chi connectivity index (χ1v) is 11.4. The predicted molar refractivity (Wildman–Crippen MR) is 116 cm³/mol. The number of benzene rings is 2. The molecule has 33 heavy (non-hydrogen) atoms. The molecular formula is C22H20N2O8S. The second kappa shape index (κ2) is 7.41. The van der Waals surface area contributed by atoms with E-state index in [0.29, 0.717) is 10.9 Å². The van der Waals surface area contributed by atoms with E-state index in [2.05, 4.69) is 0 Å². The van der Waals surface area contributed by atoms with Gasteiger partial charge >= 0.3 is 11.9 Å². The third-order valence-corrected chi connectivity index (χ3v) is 7.25. The Balaban J connectivity index is 1.80. The van der Waals surface area contributed by atoms with Gasteiger partial charge in [0.25, 0.3) is 21.5 Å². The summed E-state index contributed by atoms with van der Waals surface area (Å²) in [5.74, 6) is -2.86. The largest absolute Gasteiger partial charge is 0.422 e. The average Bonchev–Trinajstić information content (AvgIpc) is 3.18. The molecule has 1 aromatic heterocycles. The van der Waals surface area contributed by atoms with Crippen molar-refractivity contribution in [2.24, 2.45) is 5.41 Å². The summed E-state index contributed by atoms with van der Waals surface area (Å²) >= 11 is 0. The molecule has 11 heteroatoms. The van der Waals surface area contributed by atoms with Gasteiger partial charge in [0.1, 0.15) is 0 Å². The van der Waals surface area contributed by atoms with Crippen LogP contribution < -0.4 is 0 Å². The first kappa shape index (κ1) is 22.5. The number of carbonyl (C=O) groups excluding carboxylic acids is 2. The number of nitrogens with zero attached hydrogens (tertiary/aromatic N) is 2. The van der Waals surface area contributed by atoms with Crippen LogP contribution in [0.5, 0.6) is 0 Å². The summed E-state index contributed by atoms with van der Waals surface area (Å²) in [5, 5.41) is 11.8. The highest BCUT2D eigenvalue weighted by Gasteiger charge is 2.53. The zero-order valence-electron chi connectivity index (χ0n) is 18.0. The lowest BCUT2D eigenvalue weighted by Gasteiger charge is -2.38. The Morgan fingerprint density at radius 3 is 2.24 bits per heavy atom. The summed E-state index contributed by atoms with van der Waals surface area (Å²) in [5.41, 5.74) is -1.41. The van der Waals surface area contributed by atoms with Crippen molar-refractivity contribution in [1.82, 2.24) is 3.97 Å². The lowest BCUT2D eigenvalue weighted by atomic mass is 9.82. The number of nitro groups is 1.